The Labute approximate surface area is 102 Å². The van der Waals surface area contributed by atoms with Gasteiger partial charge in [-0.2, -0.15) is 0 Å². The summed E-state index contributed by atoms with van der Waals surface area (Å²) < 4.78 is 0. The first-order valence-electron chi connectivity index (χ1n) is 6.38. The van der Waals surface area contributed by atoms with E-state index in [4.69, 9.17) is 5.73 Å². The zero-order valence-corrected chi connectivity index (χ0v) is 10.1. The van der Waals surface area contributed by atoms with E-state index in [1.54, 1.807) is 12.1 Å². The third-order valence-electron chi connectivity index (χ3n) is 3.92. The van der Waals surface area contributed by atoms with Crippen LogP contribution in [0.25, 0.3) is 0 Å². The molecule has 1 fully saturated rings. The number of phenols is 1. The summed E-state index contributed by atoms with van der Waals surface area (Å²) in [7, 11) is 0. The first-order chi connectivity index (χ1) is 8.17. The normalized spacial score (nSPS) is 21.1. The lowest BCUT2D eigenvalue weighted by molar-refractivity contribution is -0.0199. The van der Waals surface area contributed by atoms with E-state index >= 15 is 0 Å². The van der Waals surface area contributed by atoms with E-state index in [1.165, 1.54) is 6.42 Å². The van der Waals surface area contributed by atoms with Crippen LogP contribution in [-0.4, -0.2) is 22.4 Å². The summed E-state index contributed by atoms with van der Waals surface area (Å²) in [6.45, 7) is 0.369. The maximum absolute atomic E-state index is 10.7. The first kappa shape index (κ1) is 12.4. The Bertz CT molecular complexity index is 372. The molecule has 1 unspecified atom stereocenters. The Morgan fingerprint density at radius 3 is 2.41 bits per heavy atom. The van der Waals surface area contributed by atoms with Gasteiger partial charge in [0.2, 0.25) is 0 Å². The summed E-state index contributed by atoms with van der Waals surface area (Å²) in [5.41, 5.74) is 5.85. The number of para-hydroxylation sites is 1. The predicted octanol–water partition coefficient (Wildman–Crippen LogP) is 2.13. The fraction of sp³-hybridized carbons (Fsp3) is 0.571. The minimum atomic E-state index is -0.744. The average Bonchev–Trinajstić information content (AvgIpc) is 2.33. The lowest BCUT2D eigenvalue weighted by Gasteiger charge is -2.39. The summed E-state index contributed by atoms with van der Waals surface area (Å²) in [6, 6.07) is 7.19. The maximum Gasteiger partial charge on any atom is 0.119 e. The Kier molecular flexibility index (Phi) is 3.69. The average molecular weight is 235 g/mol. The quantitative estimate of drug-likeness (QED) is 0.752. The minimum Gasteiger partial charge on any atom is -0.508 e. The van der Waals surface area contributed by atoms with E-state index in [0.717, 1.165) is 31.2 Å². The van der Waals surface area contributed by atoms with E-state index < -0.39 is 5.60 Å². The van der Waals surface area contributed by atoms with Crippen molar-refractivity contribution in [1.29, 1.82) is 0 Å². The highest BCUT2D eigenvalue weighted by Crippen LogP contribution is 2.41. The number of hydrogen-bond acceptors (Lipinski definition) is 3. The Hall–Kier alpha value is -1.06. The van der Waals surface area contributed by atoms with Gasteiger partial charge < -0.3 is 15.9 Å². The number of aromatic hydroxyl groups is 1. The van der Waals surface area contributed by atoms with Gasteiger partial charge in [0.05, 0.1) is 5.60 Å². The molecule has 0 aromatic heterocycles. The van der Waals surface area contributed by atoms with Crippen molar-refractivity contribution in [3.05, 3.63) is 29.8 Å². The van der Waals surface area contributed by atoms with Gasteiger partial charge in [-0.1, -0.05) is 37.5 Å². The van der Waals surface area contributed by atoms with Crippen LogP contribution in [0, 0.1) is 0 Å². The van der Waals surface area contributed by atoms with Gasteiger partial charge in [0.1, 0.15) is 5.75 Å². The molecule has 0 amide bonds. The molecular weight excluding hydrogens is 214 g/mol. The number of rotatable bonds is 3. The Morgan fingerprint density at radius 1 is 1.18 bits per heavy atom. The molecule has 1 saturated carbocycles. The van der Waals surface area contributed by atoms with Crippen LogP contribution in [0.2, 0.25) is 0 Å². The Morgan fingerprint density at radius 2 is 1.82 bits per heavy atom. The number of benzene rings is 1. The zero-order valence-electron chi connectivity index (χ0n) is 10.1. The summed E-state index contributed by atoms with van der Waals surface area (Å²) in [6.07, 6.45) is 4.83. The third kappa shape index (κ3) is 2.45. The third-order valence-corrected chi connectivity index (χ3v) is 3.92. The van der Waals surface area contributed by atoms with Crippen LogP contribution in [-0.2, 0) is 0 Å². The highest BCUT2D eigenvalue weighted by molar-refractivity contribution is 5.37. The molecule has 3 heteroatoms. The molecule has 1 aromatic rings. The van der Waals surface area contributed by atoms with Crippen molar-refractivity contribution in [2.75, 3.05) is 6.54 Å². The van der Waals surface area contributed by atoms with Crippen molar-refractivity contribution in [1.82, 2.24) is 0 Å². The van der Waals surface area contributed by atoms with E-state index in [2.05, 4.69) is 0 Å². The summed E-state index contributed by atoms with van der Waals surface area (Å²) in [5.74, 6) is 0.0750. The number of aliphatic hydroxyl groups is 1. The SMILES string of the molecule is NCC(c1ccccc1O)C1(O)CCCCC1. The molecule has 0 radical (unpaired) electrons. The van der Waals surface area contributed by atoms with Crippen LogP contribution in [0.15, 0.2) is 24.3 Å². The van der Waals surface area contributed by atoms with E-state index in [9.17, 15) is 10.2 Å². The van der Waals surface area contributed by atoms with E-state index in [1.807, 2.05) is 12.1 Å². The fourth-order valence-electron chi connectivity index (χ4n) is 2.93. The lowest BCUT2D eigenvalue weighted by Crippen LogP contribution is -2.41. The van der Waals surface area contributed by atoms with Crippen molar-refractivity contribution in [2.24, 2.45) is 5.73 Å². The van der Waals surface area contributed by atoms with Gasteiger partial charge in [-0.3, -0.25) is 0 Å². The van der Waals surface area contributed by atoms with E-state index in [-0.39, 0.29) is 11.7 Å². The van der Waals surface area contributed by atoms with Gasteiger partial charge >= 0.3 is 0 Å². The van der Waals surface area contributed by atoms with Gasteiger partial charge in [0.25, 0.3) is 0 Å². The molecule has 2 rings (SSSR count). The van der Waals surface area contributed by atoms with Gasteiger partial charge in [-0.15, -0.1) is 0 Å². The van der Waals surface area contributed by atoms with Crippen molar-refractivity contribution < 1.29 is 10.2 Å². The number of nitrogens with two attached hydrogens (primary N) is 1. The van der Waals surface area contributed by atoms with Crippen molar-refractivity contribution in [3.8, 4) is 5.75 Å². The van der Waals surface area contributed by atoms with Gasteiger partial charge in [0.15, 0.2) is 0 Å². The molecule has 94 valence electrons. The zero-order chi connectivity index (χ0) is 12.3. The van der Waals surface area contributed by atoms with Gasteiger partial charge in [-0.05, 0) is 18.9 Å². The molecule has 17 heavy (non-hydrogen) atoms. The molecule has 0 aliphatic heterocycles. The smallest absolute Gasteiger partial charge is 0.119 e. The molecule has 1 aromatic carbocycles. The molecule has 3 nitrogen and oxygen atoms in total. The lowest BCUT2D eigenvalue weighted by atomic mass is 9.72. The molecule has 1 atom stereocenters. The highest BCUT2D eigenvalue weighted by Gasteiger charge is 2.38. The van der Waals surface area contributed by atoms with Gasteiger partial charge in [-0.25, -0.2) is 0 Å². The standard InChI is InChI=1S/C14H21NO2/c15-10-12(11-6-2-3-7-13(11)16)14(17)8-4-1-5-9-14/h2-3,6-7,12,16-17H,1,4-5,8-10,15H2. The second-order valence-corrected chi connectivity index (χ2v) is 5.01. The predicted molar refractivity (Wildman–Crippen MR) is 67.9 cm³/mol. The van der Waals surface area contributed by atoms with Crippen molar-refractivity contribution in [2.45, 2.75) is 43.6 Å². The molecule has 1 aliphatic rings. The van der Waals surface area contributed by atoms with Gasteiger partial charge in [0, 0.05) is 18.0 Å². The highest BCUT2D eigenvalue weighted by atomic mass is 16.3. The van der Waals surface area contributed by atoms with Crippen LogP contribution >= 0.6 is 0 Å². The molecule has 0 saturated heterocycles. The second-order valence-electron chi connectivity index (χ2n) is 5.01. The summed E-state index contributed by atoms with van der Waals surface area (Å²) >= 11 is 0. The molecule has 1 aliphatic carbocycles. The summed E-state index contributed by atoms with van der Waals surface area (Å²) in [4.78, 5) is 0. The number of hydrogen-bond donors (Lipinski definition) is 3. The summed E-state index contributed by atoms with van der Waals surface area (Å²) in [5, 5.41) is 20.6. The largest absolute Gasteiger partial charge is 0.508 e. The van der Waals surface area contributed by atoms with Crippen LogP contribution in [0.5, 0.6) is 5.75 Å². The minimum absolute atomic E-state index is 0.163. The van der Waals surface area contributed by atoms with Crippen LogP contribution in [0.3, 0.4) is 0 Å². The molecule has 4 N–H and O–H groups in total. The monoisotopic (exact) mass is 235 g/mol. The van der Waals surface area contributed by atoms with Crippen molar-refractivity contribution in [3.63, 3.8) is 0 Å². The molecule has 0 bridgehead atoms. The number of phenolic OH excluding ortho intramolecular Hbond substituents is 1. The second kappa shape index (κ2) is 5.07. The van der Waals surface area contributed by atoms with Crippen LogP contribution in [0.1, 0.15) is 43.6 Å². The topological polar surface area (TPSA) is 66.5 Å². The maximum atomic E-state index is 10.7. The van der Waals surface area contributed by atoms with Crippen LogP contribution in [0.4, 0.5) is 0 Å². The molecular formula is C14H21NO2. The fourth-order valence-corrected chi connectivity index (χ4v) is 2.93. The molecule has 0 spiro atoms. The first-order valence-corrected chi connectivity index (χ1v) is 6.38. The van der Waals surface area contributed by atoms with Crippen molar-refractivity contribution >= 4 is 0 Å². The van der Waals surface area contributed by atoms with Crippen LogP contribution < -0.4 is 5.73 Å². The van der Waals surface area contributed by atoms with E-state index in [0.29, 0.717) is 6.54 Å². The molecule has 0 heterocycles. The Balaban J connectivity index is 2.29.